The fraction of sp³-hybridized carbons (Fsp3) is 0.0667. The summed E-state index contributed by atoms with van der Waals surface area (Å²) in [5, 5.41) is 0. The van der Waals surface area contributed by atoms with Crippen molar-refractivity contribution in [1.82, 2.24) is 4.57 Å². The first-order valence-electron chi connectivity index (χ1n) is 5.99. The Bertz CT molecular complexity index is 716. The lowest BCUT2D eigenvalue weighted by molar-refractivity contribution is 0.111. The van der Waals surface area contributed by atoms with Gasteiger partial charge in [0.1, 0.15) is 0 Å². The average molecular weight is 301 g/mol. The Morgan fingerprint density at radius 2 is 1.25 bits per heavy atom. The molecule has 0 unspecified atom stereocenters. The molecule has 100 valence electrons. The van der Waals surface area contributed by atoms with Crippen LogP contribution in [0.4, 0.5) is 0 Å². The quantitative estimate of drug-likeness (QED) is 0.680. The van der Waals surface area contributed by atoms with E-state index in [4.69, 9.17) is 0 Å². The molecule has 3 aromatic rings. The van der Waals surface area contributed by atoms with Crippen LogP contribution in [0.5, 0.6) is 0 Å². The van der Waals surface area contributed by atoms with Crippen molar-refractivity contribution in [2.45, 2.75) is 0 Å². The number of aromatic nitrogens is 1. The summed E-state index contributed by atoms with van der Waals surface area (Å²) in [5.74, 6) is 0. The molecule has 0 spiro atoms. The maximum Gasteiger partial charge on any atom is 0.160 e. The molecule has 3 nitrogen and oxygen atoms in total. The zero-order valence-corrected chi connectivity index (χ0v) is 12.3. The highest BCUT2D eigenvalue weighted by Gasteiger charge is 2.12. The monoisotopic (exact) mass is 301 g/mol. The highest BCUT2D eigenvalue weighted by Crippen LogP contribution is 2.34. The lowest BCUT2D eigenvalue weighted by Crippen LogP contribution is -1.91. The molecule has 3 aromatic heterocycles. The second kappa shape index (κ2) is 5.19. The number of carbonyl (C=O) groups excluding carboxylic acids is 2. The molecule has 5 heteroatoms. The smallest absolute Gasteiger partial charge is 0.160 e. The van der Waals surface area contributed by atoms with E-state index in [0.717, 1.165) is 43.5 Å². The lowest BCUT2D eigenvalue weighted by atomic mass is 10.3. The van der Waals surface area contributed by atoms with E-state index in [1.54, 1.807) is 0 Å². The van der Waals surface area contributed by atoms with E-state index >= 15 is 0 Å². The topological polar surface area (TPSA) is 39.1 Å². The predicted octanol–water partition coefficient (Wildman–Crippen LogP) is 4.11. The van der Waals surface area contributed by atoms with E-state index in [0.29, 0.717) is 0 Å². The molecule has 0 radical (unpaired) electrons. The molecule has 0 aromatic carbocycles. The van der Waals surface area contributed by atoms with E-state index < -0.39 is 0 Å². The van der Waals surface area contributed by atoms with Crippen LogP contribution in [0.2, 0.25) is 0 Å². The summed E-state index contributed by atoms with van der Waals surface area (Å²) in [6.07, 6.45) is 1.74. The fourth-order valence-corrected chi connectivity index (χ4v) is 3.88. The number of nitrogens with zero attached hydrogens (tertiary/aromatic N) is 1. The third-order valence-corrected chi connectivity index (χ3v) is 5.18. The third kappa shape index (κ3) is 2.15. The highest BCUT2D eigenvalue weighted by atomic mass is 32.1. The first kappa shape index (κ1) is 13.0. The summed E-state index contributed by atoms with van der Waals surface area (Å²) in [5.41, 5.74) is 2.14. The van der Waals surface area contributed by atoms with Crippen molar-refractivity contribution in [3.63, 3.8) is 0 Å². The van der Waals surface area contributed by atoms with Crippen LogP contribution in [-0.4, -0.2) is 17.1 Å². The second-order valence-corrected chi connectivity index (χ2v) is 6.53. The lowest BCUT2D eigenvalue weighted by Gasteiger charge is -2.04. The van der Waals surface area contributed by atoms with Gasteiger partial charge in [0.05, 0.1) is 30.9 Å². The van der Waals surface area contributed by atoms with Gasteiger partial charge in [-0.15, -0.1) is 22.7 Å². The molecule has 0 bridgehead atoms. The summed E-state index contributed by atoms with van der Waals surface area (Å²) in [6.45, 7) is 0. The first-order valence-corrected chi connectivity index (χ1v) is 7.62. The zero-order chi connectivity index (χ0) is 14.1. The Morgan fingerprint density at radius 3 is 1.60 bits per heavy atom. The molecule has 0 aliphatic rings. The summed E-state index contributed by atoms with van der Waals surface area (Å²) in [7, 11) is 1.99. The minimum atomic E-state index is 0.724. The largest absolute Gasteiger partial charge is 0.342 e. The molecule has 0 atom stereocenters. The van der Waals surface area contributed by atoms with Crippen LogP contribution in [0.1, 0.15) is 19.3 Å². The maximum atomic E-state index is 10.8. The highest BCUT2D eigenvalue weighted by molar-refractivity contribution is 7.17. The number of carbonyl (C=O) groups is 2. The molecule has 3 rings (SSSR count). The molecule has 0 amide bonds. The van der Waals surface area contributed by atoms with E-state index in [9.17, 15) is 9.59 Å². The van der Waals surface area contributed by atoms with Gasteiger partial charge in [-0.1, -0.05) is 0 Å². The van der Waals surface area contributed by atoms with Gasteiger partial charge in [-0.25, -0.2) is 0 Å². The number of hydrogen-bond donors (Lipinski definition) is 0. The molecule has 0 fully saturated rings. The van der Waals surface area contributed by atoms with E-state index in [1.807, 2.05) is 43.4 Å². The number of rotatable bonds is 4. The van der Waals surface area contributed by atoms with Crippen LogP contribution >= 0.6 is 22.7 Å². The van der Waals surface area contributed by atoms with Crippen molar-refractivity contribution >= 4 is 35.2 Å². The first-order chi connectivity index (χ1) is 9.72. The second-order valence-electron chi connectivity index (χ2n) is 4.30. The van der Waals surface area contributed by atoms with Gasteiger partial charge in [0.2, 0.25) is 0 Å². The Kier molecular flexibility index (Phi) is 3.38. The normalized spacial score (nSPS) is 10.7. The Hall–Kier alpha value is -1.98. The fourth-order valence-electron chi connectivity index (χ4n) is 2.11. The minimum Gasteiger partial charge on any atom is -0.342 e. The standard InChI is InChI=1S/C15H11NO2S2/c1-16-12(14-6-2-10(8-17)19-14)4-5-13(16)15-7-3-11(9-18)20-15/h2-9H,1H3. The molecule has 20 heavy (non-hydrogen) atoms. The molecule has 0 N–H and O–H groups in total. The minimum absolute atomic E-state index is 0.724. The van der Waals surface area contributed by atoms with Crippen molar-refractivity contribution in [3.8, 4) is 21.1 Å². The summed E-state index contributed by atoms with van der Waals surface area (Å²) in [6, 6.07) is 11.6. The summed E-state index contributed by atoms with van der Waals surface area (Å²) in [4.78, 5) is 25.1. The third-order valence-electron chi connectivity index (χ3n) is 3.11. The van der Waals surface area contributed by atoms with Crippen molar-refractivity contribution in [3.05, 3.63) is 46.2 Å². The van der Waals surface area contributed by atoms with E-state index in [2.05, 4.69) is 4.57 Å². The maximum absolute atomic E-state index is 10.8. The SMILES string of the molecule is Cn1c(-c2ccc(C=O)s2)ccc1-c1ccc(C=O)s1. The van der Waals surface area contributed by atoms with Crippen LogP contribution < -0.4 is 0 Å². The van der Waals surface area contributed by atoms with Gasteiger partial charge < -0.3 is 4.57 Å². The molecule has 0 saturated carbocycles. The van der Waals surface area contributed by atoms with Gasteiger partial charge in [0, 0.05) is 7.05 Å². The van der Waals surface area contributed by atoms with Gasteiger partial charge in [0.25, 0.3) is 0 Å². The van der Waals surface area contributed by atoms with Gasteiger partial charge in [-0.3, -0.25) is 9.59 Å². The Labute approximate surface area is 124 Å². The Morgan fingerprint density at radius 1 is 0.800 bits per heavy atom. The van der Waals surface area contributed by atoms with Crippen molar-refractivity contribution in [1.29, 1.82) is 0 Å². The van der Waals surface area contributed by atoms with Crippen LogP contribution in [-0.2, 0) is 7.05 Å². The summed E-state index contributed by atoms with van der Waals surface area (Å²) >= 11 is 2.95. The van der Waals surface area contributed by atoms with Crippen molar-refractivity contribution in [2.75, 3.05) is 0 Å². The van der Waals surface area contributed by atoms with Crippen molar-refractivity contribution < 1.29 is 9.59 Å². The van der Waals surface area contributed by atoms with Gasteiger partial charge in [-0.2, -0.15) is 0 Å². The van der Waals surface area contributed by atoms with Crippen molar-refractivity contribution in [2.24, 2.45) is 7.05 Å². The molecular weight excluding hydrogens is 290 g/mol. The summed E-state index contributed by atoms with van der Waals surface area (Å²) < 4.78 is 2.08. The molecule has 0 aliphatic carbocycles. The van der Waals surface area contributed by atoms with Gasteiger partial charge in [0.15, 0.2) is 12.6 Å². The van der Waals surface area contributed by atoms with Gasteiger partial charge in [-0.05, 0) is 36.4 Å². The molecule has 0 aliphatic heterocycles. The molecule has 3 heterocycles. The van der Waals surface area contributed by atoms with E-state index in [-0.39, 0.29) is 0 Å². The molecule has 0 saturated heterocycles. The zero-order valence-electron chi connectivity index (χ0n) is 10.7. The number of hydrogen-bond acceptors (Lipinski definition) is 4. The number of aldehydes is 2. The average Bonchev–Trinajstić information content (AvgIpc) is 3.16. The van der Waals surface area contributed by atoms with Gasteiger partial charge >= 0.3 is 0 Å². The Balaban J connectivity index is 2.03. The number of thiophene rings is 2. The van der Waals surface area contributed by atoms with Crippen LogP contribution in [0.15, 0.2) is 36.4 Å². The van der Waals surface area contributed by atoms with E-state index in [1.165, 1.54) is 22.7 Å². The van der Waals surface area contributed by atoms with Crippen LogP contribution in [0.3, 0.4) is 0 Å². The van der Waals surface area contributed by atoms with Crippen LogP contribution in [0.25, 0.3) is 21.1 Å². The van der Waals surface area contributed by atoms with Crippen LogP contribution in [0, 0.1) is 0 Å². The predicted molar refractivity (Wildman–Crippen MR) is 82.8 cm³/mol. The molecular formula is C15H11NO2S2.